The van der Waals surface area contributed by atoms with Crippen LogP contribution in [0.5, 0.6) is 0 Å². The molecule has 3 rings (SSSR count). The Kier molecular flexibility index (Phi) is 3.72. The van der Waals surface area contributed by atoms with Crippen LogP contribution in [0.4, 0.5) is 9.52 Å². The zero-order valence-corrected chi connectivity index (χ0v) is 12.1. The summed E-state index contributed by atoms with van der Waals surface area (Å²) in [5, 5.41) is 1.05. The maximum Gasteiger partial charge on any atom is 0.269 e. The second kappa shape index (κ2) is 5.67. The first kappa shape index (κ1) is 13.8. The van der Waals surface area contributed by atoms with E-state index in [1.807, 2.05) is 12.1 Å². The number of halogens is 2. The number of nitrogens with zero attached hydrogens (tertiary/aromatic N) is 1. The fourth-order valence-corrected chi connectivity index (χ4v) is 2.90. The van der Waals surface area contributed by atoms with E-state index in [1.165, 1.54) is 29.5 Å². The predicted molar refractivity (Wildman–Crippen MR) is 82.1 cm³/mol. The Morgan fingerprint density at radius 1 is 1.24 bits per heavy atom. The van der Waals surface area contributed by atoms with Crippen molar-refractivity contribution < 1.29 is 9.18 Å². The molecule has 7 heteroatoms. The molecule has 21 heavy (non-hydrogen) atoms. The molecule has 0 saturated carbocycles. The average Bonchev–Trinajstić information content (AvgIpc) is 2.89. The lowest BCUT2D eigenvalue weighted by Crippen LogP contribution is -2.29. The van der Waals surface area contributed by atoms with Gasteiger partial charge in [-0.15, -0.1) is 0 Å². The van der Waals surface area contributed by atoms with Crippen molar-refractivity contribution in [3.8, 4) is 0 Å². The molecule has 0 bridgehead atoms. The van der Waals surface area contributed by atoms with Crippen LogP contribution in [0.15, 0.2) is 42.5 Å². The largest absolute Gasteiger partial charge is 0.273 e. The molecule has 1 aromatic heterocycles. The molecule has 3 aromatic rings. The number of para-hydroxylation sites is 1. The third-order valence-corrected chi connectivity index (χ3v) is 3.98. The molecule has 2 N–H and O–H groups in total. The summed E-state index contributed by atoms with van der Waals surface area (Å²) >= 11 is 7.39. The molecule has 0 radical (unpaired) electrons. The quantitative estimate of drug-likeness (QED) is 0.720. The normalized spacial score (nSPS) is 10.6. The SMILES string of the molecule is O=C(NNc1nc2c(Cl)cccc2s1)c1cccc(F)c1. The second-order valence-corrected chi connectivity index (χ2v) is 5.63. The lowest BCUT2D eigenvalue weighted by Gasteiger charge is -2.05. The maximum absolute atomic E-state index is 13.0. The topological polar surface area (TPSA) is 54.0 Å². The third-order valence-electron chi connectivity index (χ3n) is 2.74. The van der Waals surface area contributed by atoms with Crippen molar-refractivity contribution in [2.24, 2.45) is 0 Å². The van der Waals surface area contributed by atoms with Gasteiger partial charge in [0.15, 0.2) is 0 Å². The maximum atomic E-state index is 13.0. The number of aromatic nitrogens is 1. The van der Waals surface area contributed by atoms with E-state index in [4.69, 9.17) is 11.6 Å². The Hall–Kier alpha value is -2.18. The van der Waals surface area contributed by atoms with Gasteiger partial charge in [0.2, 0.25) is 5.13 Å². The van der Waals surface area contributed by atoms with Gasteiger partial charge in [0.1, 0.15) is 11.3 Å². The van der Waals surface area contributed by atoms with Crippen LogP contribution in [0.1, 0.15) is 10.4 Å². The van der Waals surface area contributed by atoms with Crippen molar-refractivity contribution in [3.05, 3.63) is 58.9 Å². The zero-order valence-electron chi connectivity index (χ0n) is 10.6. The van der Waals surface area contributed by atoms with Crippen LogP contribution in [0.25, 0.3) is 10.2 Å². The Bertz CT molecular complexity index is 821. The van der Waals surface area contributed by atoms with Crippen LogP contribution in [-0.2, 0) is 0 Å². The highest BCUT2D eigenvalue weighted by atomic mass is 35.5. The Morgan fingerprint density at radius 3 is 2.81 bits per heavy atom. The van der Waals surface area contributed by atoms with E-state index in [0.29, 0.717) is 15.7 Å². The molecule has 0 aliphatic rings. The van der Waals surface area contributed by atoms with Gasteiger partial charge in [-0.3, -0.25) is 15.6 Å². The molecule has 1 heterocycles. The van der Waals surface area contributed by atoms with Crippen LogP contribution < -0.4 is 10.9 Å². The van der Waals surface area contributed by atoms with Crippen molar-refractivity contribution in [3.63, 3.8) is 0 Å². The summed E-state index contributed by atoms with van der Waals surface area (Å²) < 4.78 is 14.0. The van der Waals surface area contributed by atoms with E-state index in [2.05, 4.69) is 15.8 Å². The number of hydrogen-bond donors (Lipinski definition) is 2. The monoisotopic (exact) mass is 321 g/mol. The first-order chi connectivity index (χ1) is 10.1. The van der Waals surface area contributed by atoms with Gasteiger partial charge < -0.3 is 0 Å². The average molecular weight is 322 g/mol. The lowest BCUT2D eigenvalue weighted by molar-refractivity contribution is 0.0962. The standard InChI is InChI=1S/C14H9ClFN3OS/c15-10-5-2-6-11-12(10)17-14(21-11)19-18-13(20)8-3-1-4-9(16)7-8/h1-7H,(H,17,19)(H,18,20). The summed E-state index contributed by atoms with van der Waals surface area (Å²) in [6.45, 7) is 0. The van der Waals surface area contributed by atoms with Crippen molar-refractivity contribution in [1.82, 2.24) is 10.4 Å². The van der Waals surface area contributed by atoms with Gasteiger partial charge in [-0.1, -0.05) is 35.1 Å². The van der Waals surface area contributed by atoms with E-state index in [1.54, 1.807) is 6.07 Å². The van der Waals surface area contributed by atoms with E-state index < -0.39 is 11.7 Å². The number of thiazole rings is 1. The molecule has 0 spiro atoms. The van der Waals surface area contributed by atoms with Crippen LogP contribution in [0.3, 0.4) is 0 Å². The second-order valence-electron chi connectivity index (χ2n) is 4.20. The van der Waals surface area contributed by atoms with E-state index >= 15 is 0 Å². The number of amides is 1. The Morgan fingerprint density at radius 2 is 2.05 bits per heavy atom. The van der Waals surface area contributed by atoms with Crippen LogP contribution in [0.2, 0.25) is 5.02 Å². The van der Waals surface area contributed by atoms with Gasteiger partial charge >= 0.3 is 0 Å². The highest BCUT2D eigenvalue weighted by Crippen LogP contribution is 2.30. The Balaban J connectivity index is 1.74. The molecule has 0 fully saturated rings. The zero-order chi connectivity index (χ0) is 14.8. The predicted octanol–water partition coefficient (Wildman–Crippen LogP) is 3.85. The van der Waals surface area contributed by atoms with Crippen LogP contribution in [-0.4, -0.2) is 10.9 Å². The highest BCUT2D eigenvalue weighted by Gasteiger charge is 2.09. The molecular weight excluding hydrogens is 313 g/mol. The first-order valence-electron chi connectivity index (χ1n) is 6.00. The van der Waals surface area contributed by atoms with Gasteiger partial charge in [0, 0.05) is 5.56 Å². The molecular formula is C14H9ClFN3OS. The fourth-order valence-electron chi connectivity index (χ4n) is 1.78. The number of nitrogens with one attached hydrogen (secondary N) is 2. The van der Waals surface area contributed by atoms with Gasteiger partial charge in [-0.25, -0.2) is 9.37 Å². The number of hydrazine groups is 1. The van der Waals surface area contributed by atoms with Gasteiger partial charge in [0.05, 0.1) is 9.72 Å². The number of fused-ring (bicyclic) bond motifs is 1. The molecule has 1 amide bonds. The fraction of sp³-hybridized carbons (Fsp3) is 0. The van der Waals surface area contributed by atoms with Gasteiger partial charge in [-0.2, -0.15) is 0 Å². The first-order valence-corrected chi connectivity index (χ1v) is 7.20. The number of rotatable bonds is 3. The molecule has 0 saturated heterocycles. The summed E-state index contributed by atoms with van der Waals surface area (Å²) in [7, 11) is 0. The molecule has 4 nitrogen and oxygen atoms in total. The molecule has 106 valence electrons. The number of benzene rings is 2. The molecule has 0 unspecified atom stereocenters. The van der Waals surface area contributed by atoms with E-state index in [9.17, 15) is 9.18 Å². The molecule has 0 atom stereocenters. The number of carbonyl (C=O) groups excluding carboxylic acids is 1. The highest BCUT2D eigenvalue weighted by molar-refractivity contribution is 7.22. The minimum atomic E-state index is -0.464. The van der Waals surface area contributed by atoms with Crippen molar-refractivity contribution in [2.75, 3.05) is 5.43 Å². The Labute approximate surface area is 128 Å². The number of carbonyl (C=O) groups is 1. The van der Waals surface area contributed by atoms with Crippen molar-refractivity contribution in [2.45, 2.75) is 0 Å². The van der Waals surface area contributed by atoms with Gasteiger partial charge in [-0.05, 0) is 30.3 Å². The van der Waals surface area contributed by atoms with Crippen LogP contribution in [0, 0.1) is 5.82 Å². The summed E-state index contributed by atoms with van der Waals surface area (Å²) in [5.41, 5.74) is 6.07. The van der Waals surface area contributed by atoms with Crippen molar-refractivity contribution in [1.29, 1.82) is 0 Å². The minimum absolute atomic E-state index is 0.224. The number of anilines is 1. The lowest BCUT2D eigenvalue weighted by atomic mass is 10.2. The third kappa shape index (κ3) is 2.96. The number of hydrogen-bond acceptors (Lipinski definition) is 4. The van der Waals surface area contributed by atoms with Crippen molar-refractivity contribution >= 4 is 44.2 Å². The summed E-state index contributed by atoms with van der Waals surface area (Å²) in [6.07, 6.45) is 0. The summed E-state index contributed by atoms with van der Waals surface area (Å²) in [5.74, 6) is -0.908. The summed E-state index contributed by atoms with van der Waals surface area (Å²) in [4.78, 5) is 16.1. The smallest absolute Gasteiger partial charge is 0.269 e. The van der Waals surface area contributed by atoms with E-state index in [0.717, 1.165) is 10.8 Å². The minimum Gasteiger partial charge on any atom is -0.273 e. The molecule has 0 aliphatic heterocycles. The molecule has 0 aliphatic carbocycles. The molecule has 2 aromatic carbocycles. The summed E-state index contributed by atoms with van der Waals surface area (Å²) in [6, 6.07) is 10.9. The van der Waals surface area contributed by atoms with E-state index in [-0.39, 0.29) is 5.56 Å². The van der Waals surface area contributed by atoms with Crippen LogP contribution >= 0.6 is 22.9 Å². The van der Waals surface area contributed by atoms with Gasteiger partial charge in [0.25, 0.3) is 5.91 Å².